The van der Waals surface area contributed by atoms with Crippen LogP contribution in [0.4, 0.5) is 15.8 Å². The van der Waals surface area contributed by atoms with E-state index < -0.39 is 28.3 Å². The summed E-state index contributed by atoms with van der Waals surface area (Å²) in [4.78, 5) is 12.2. The number of benzene rings is 2. The Labute approximate surface area is 145 Å². The fraction of sp³-hybridized carbons (Fsp3) is 0.188. The van der Waals surface area contributed by atoms with E-state index in [0.717, 1.165) is 22.2 Å². The lowest BCUT2D eigenvalue weighted by Gasteiger charge is -2.22. The van der Waals surface area contributed by atoms with Crippen molar-refractivity contribution in [3.05, 3.63) is 58.9 Å². The van der Waals surface area contributed by atoms with Gasteiger partial charge in [-0.1, -0.05) is 23.7 Å². The summed E-state index contributed by atoms with van der Waals surface area (Å²) >= 11 is 5.85. The van der Waals surface area contributed by atoms with E-state index in [4.69, 9.17) is 11.6 Å². The van der Waals surface area contributed by atoms with Crippen molar-refractivity contribution >= 4 is 38.9 Å². The van der Waals surface area contributed by atoms with Gasteiger partial charge in [0.1, 0.15) is 12.4 Å². The van der Waals surface area contributed by atoms with Gasteiger partial charge in [-0.15, -0.1) is 0 Å². The standard InChI is InChI=1S/C16H16ClFN2O3S/c1-11-9-12(17)7-8-14(11)19-16(21)10-20(24(2,22)23)15-6-4-3-5-13(15)18/h3-9H,10H2,1-2H3,(H,19,21). The first-order chi connectivity index (χ1) is 11.2. The van der Waals surface area contributed by atoms with Gasteiger partial charge in [0.05, 0.1) is 11.9 Å². The highest BCUT2D eigenvalue weighted by Crippen LogP contribution is 2.22. The number of rotatable bonds is 5. The van der Waals surface area contributed by atoms with E-state index in [1.165, 1.54) is 18.2 Å². The van der Waals surface area contributed by atoms with Crippen LogP contribution in [0.15, 0.2) is 42.5 Å². The van der Waals surface area contributed by atoms with Gasteiger partial charge in [0.25, 0.3) is 0 Å². The Morgan fingerprint density at radius 3 is 2.50 bits per heavy atom. The summed E-state index contributed by atoms with van der Waals surface area (Å²) in [6.45, 7) is 1.22. The molecule has 0 heterocycles. The number of carbonyl (C=O) groups is 1. The third-order valence-corrected chi connectivity index (χ3v) is 4.63. The molecule has 5 nitrogen and oxygen atoms in total. The van der Waals surface area contributed by atoms with Gasteiger partial charge < -0.3 is 5.32 Å². The number of sulfonamides is 1. The monoisotopic (exact) mass is 370 g/mol. The second-order valence-corrected chi connectivity index (χ2v) is 7.57. The maximum absolute atomic E-state index is 13.9. The van der Waals surface area contributed by atoms with Gasteiger partial charge in [-0.25, -0.2) is 12.8 Å². The molecule has 24 heavy (non-hydrogen) atoms. The zero-order valence-corrected chi connectivity index (χ0v) is 14.7. The van der Waals surface area contributed by atoms with Gasteiger partial charge in [-0.05, 0) is 42.8 Å². The van der Waals surface area contributed by atoms with E-state index in [9.17, 15) is 17.6 Å². The molecule has 0 unspecified atom stereocenters. The molecule has 128 valence electrons. The molecule has 8 heteroatoms. The first kappa shape index (κ1) is 18.2. The van der Waals surface area contributed by atoms with Crippen LogP contribution in [-0.4, -0.2) is 27.1 Å². The molecule has 0 fully saturated rings. The van der Waals surface area contributed by atoms with Crippen LogP contribution < -0.4 is 9.62 Å². The predicted molar refractivity (Wildman–Crippen MR) is 93.4 cm³/mol. The number of hydrogen-bond acceptors (Lipinski definition) is 3. The van der Waals surface area contributed by atoms with Crippen LogP contribution in [0.1, 0.15) is 5.56 Å². The number of halogens is 2. The van der Waals surface area contributed by atoms with E-state index >= 15 is 0 Å². The molecule has 0 spiro atoms. The highest BCUT2D eigenvalue weighted by atomic mass is 35.5. The van der Waals surface area contributed by atoms with Crippen LogP contribution in [0.5, 0.6) is 0 Å². The summed E-state index contributed by atoms with van der Waals surface area (Å²) in [7, 11) is -3.83. The minimum absolute atomic E-state index is 0.178. The van der Waals surface area contributed by atoms with Crippen molar-refractivity contribution in [3.63, 3.8) is 0 Å². The molecule has 2 rings (SSSR count). The second kappa shape index (κ2) is 7.19. The van der Waals surface area contributed by atoms with Crippen LogP contribution in [0.3, 0.4) is 0 Å². The van der Waals surface area contributed by atoms with Crippen molar-refractivity contribution in [2.75, 3.05) is 22.4 Å². The molecule has 0 saturated carbocycles. The molecular weight excluding hydrogens is 355 g/mol. The lowest BCUT2D eigenvalue weighted by Crippen LogP contribution is -2.38. The molecule has 0 bridgehead atoms. The maximum Gasteiger partial charge on any atom is 0.245 e. The Morgan fingerprint density at radius 1 is 1.25 bits per heavy atom. The number of para-hydroxylation sites is 1. The van der Waals surface area contributed by atoms with Crippen LogP contribution in [0.2, 0.25) is 5.02 Å². The Bertz CT molecular complexity index is 871. The minimum atomic E-state index is -3.83. The summed E-state index contributed by atoms with van der Waals surface area (Å²) < 4.78 is 38.5. The molecule has 0 saturated heterocycles. The molecule has 0 aromatic heterocycles. The zero-order chi connectivity index (χ0) is 17.9. The summed E-state index contributed by atoms with van der Waals surface area (Å²) in [5.41, 5.74) is 1.06. The zero-order valence-electron chi connectivity index (χ0n) is 13.1. The molecule has 0 radical (unpaired) electrons. The normalized spacial score (nSPS) is 11.2. The van der Waals surface area contributed by atoms with Gasteiger partial charge in [0.15, 0.2) is 0 Å². The van der Waals surface area contributed by atoms with Crippen molar-refractivity contribution < 1.29 is 17.6 Å². The Balaban J connectivity index is 2.24. The SMILES string of the molecule is Cc1cc(Cl)ccc1NC(=O)CN(c1ccccc1F)S(C)(=O)=O. The smallest absolute Gasteiger partial charge is 0.245 e. The molecule has 2 aromatic carbocycles. The van der Waals surface area contributed by atoms with Crippen LogP contribution in [-0.2, 0) is 14.8 Å². The van der Waals surface area contributed by atoms with Gasteiger partial charge in [-0.3, -0.25) is 9.10 Å². The number of nitrogens with zero attached hydrogens (tertiary/aromatic N) is 1. The first-order valence-electron chi connectivity index (χ1n) is 6.97. The van der Waals surface area contributed by atoms with Crippen LogP contribution >= 0.6 is 11.6 Å². The number of hydrogen-bond donors (Lipinski definition) is 1. The molecular formula is C16H16ClFN2O3S. The van der Waals surface area contributed by atoms with E-state index in [1.807, 2.05) is 0 Å². The van der Waals surface area contributed by atoms with Crippen molar-refractivity contribution in [1.82, 2.24) is 0 Å². The number of nitrogens with one attached hydrogen (secondary N) is 1. The fourth-order valence-corrected chi connectivity index (χ4v) is 3.21. The molecule has 1 N–H and O–H groups in total. The summed E-state index contributed by atoms with van der Waals surface area (Å²) in [6.07, 6.45) is 0.917. The third kappa shape index (κ3) is 4.46. The quantitative estimate of drug-likeness (QED) is 0.878. The Kier molecular flexibility index (Phi) is 5.46. The number of carbonyl (C=O) groups excluding carboxylic acids is 1. The Morgan fingerprint density at radius 2 is 1.92 bits per heavy atom. The van der Waals surface area contributed by atoms with Crippen molar-refractivity contribution in [3.8, 4) is 0 Å². The third-order valence-electron chi connectivity index (χ3n) is 3.27. The minimum Gasteiger partial charge on any atom is -0.324 e. The topological polar surface area (TPSA) is 66.5 Å². The number of aryl methyl sites for hydroxylation is 1. The van der Waals surface area contributed by atoms with E-state index in [-0.39, 0.29) is 5.69 Å². The largest absolute Gasteiger partial charge is 0.324 e. The van der Waals surface area contributed by atoms with Crippen LogP contribution in [0.25, 0.3) is 0 Å². The van der Waals surface area contributed by atoms with Crippen molar-refractivity contribution in [2.24, 2.45) is 0 Å². The highest BCUT2D eigenvalue weighted by molar-refractivity contribution is 7.92. The van der Waals surface area contributed by atoms with E-state index in [0.29, 0.717) is 10.7 Å². The number of anilines is 2. The fourth-order valence-electron chi connectivity index (χ4n) is 2.12. The lowest BCUT2D eigenvalue weighted by molar-refractivity contribution is -0.114. The van der Waals surface area contributed by atoms with Gasteiger partial charge in [-0.2, -0.15) is 0 Å². The second-order valence-electron chi connectivity index (χ2n) is 5.23. The van der Waals surface area contributed by atoms with E-state index in [2.05, 4.69) is 5.32 Å². The van der Waals surface area contributed by atoms with Gasteiger partial charge in [0.2, 0.25) is 15.9 Å². The molecule has 0 atom stereocenters. The average molecular weight is 371 g/mol. The molecule has 1 amide bonds. The van der Waals surface area contributed by atoms with Gasteiger partial charge >= 0.3 is 0 Å². The first-order valence-corrected chi connectivity index (χ1v) is 9.19. The average Bonchev–Trinajstić information content (AvgIpc) is 2.47. The molecule has 0 aliphatic heterocycles. The summed E-state index contributed by atoms with van der Waals surface area (Å²) in [5.74, 6) is -1.31. The molecule has 0 aliphatic rings. The maximum atomic E-state index is 13.9. The Hall–Kier alpha value is -2.12. The van der Waals surface area contributed by atoms with Gasteiger partial charge in [0, 0.05) is 10.7 Å². The molecule has 2 aromatic rings. The van der Waals surface area contributed by atoms with Crippen molar-refractivity contribution in [2.45, 2.75) is 6.92 Å². The van der Waals surface area contributed by atoms with Crippen molar-refractivity contribution in [1.29, 1.82) is 0 Å². The summed E-state index contributed by atoms with van der Waals surface area (Å²) in [5, 5.41) is 3.13. The molecule has 0 aliphatic carbocycles. The lowest BCUT2D eigenvalue weighted by atomic mass is 10.2. The summed E-state index contributed by atoms with van der Waals surface area (Å²) in [6, 6.07) is 10.3. The van der Waals surface area contributed by atoms with Crippen LogP contribution in [0, 0.1) is 12.7 Å². The number of amides is 1. The highest BCUT2D eigenvalue weighted by Gasteiger charge is 2.23. The predicted octanol–water partition coefficient (Wildman–Crippen LogP) is 3.19. The van der Waals surface area contributed by atoms with E-state index in [1.54, 1.807) is 25.1 Å².